The third kappa shape index (κ3) is 8.55. The van der Waals surface area contributed by atoms with Crippen LogP contribution in [0.25, 0.3) is 48.7 Å². The summed E-state index contributed by atoms with van der Waals surface area (Å²) in [6.45, 7) is 49.1. The fourth-order valence-electron chi connectivity index (χ4n) is 18.5. The molecule has 16 rings (SSSR count). The SMILES string of the molecule is Cc1cc2c(cc1N1c3cc(C(C)(C)C)ccc3B3c4sc5cc6c(cc5c4N(c4cc5c(cc4-c4ccccc4)C(C)(C)CCC5(C)C)c4cc(-n5c7cc(C(C)(C)C)ccc7c7ccc(C(C)(C)C)cc75)cc1c43)C1(C)CCC6(C)C1)C(C)(C)CCC2(C)C. The van der Waals surface area contributed by atoms with E-state index in [1.54, 1.807) is 11.1 Å². The maximum atomic E-state index is 2.88. The number of aryl methyl sites for hydroxylation is 1. The number of fused-ring (bicyclic) bond motifs is 16. The van der Waals surface area contributed by atoms with E-state index in [2.05, 4.69) is 298 Å². The number of thiophene rings is 1. The molecule has 0 N–H and O–H groups in total. The van der Waals surface area contributed by atoms with Crippen LogP contribution in [0, 0.1) is 6.92 Å². The zero-order valence-corrected chi connectivity index (χ0v) is 59.3. The van der Waals surface area contributed by atoms with Crippen LogP contribution in [-0.2, 0) is 48.7 Å². The summed E-state index contributed by atoms with van der Waals surface area (Å²) in [7, 11) is 0. The van der Waals surface area contributed by atoms with Gasteiger partial charge >= 0.3 is 0 Å². The first-order valence-electron chi connectivity index (χ1n) is 34.6. The van der Waals surface area contributed by atoms with E-state index >= 15 is 0 Å². The molecule has 0 amide bonds. The highest BCUT2D eigenvalue weighted by atomic mass is 32.1. The standard InChI is InChI=1S/C86H96BN3S/c1-50-38-60-62(83(15,16)34-32-81(60,11)12)46-67(50)89-71-41-54(80(8,9)10)28-31-66(71)87-75-72(89)42-55(88-68-39-52(78(2,3)4)26-29-56(68)57-30-27-53(40-69(57)88)79(5,6)7)43-73(75)90(76-59-45-64-65(48-74(59)91-77(76)87)86(20)37-36-85(64,19)49-86)70-47-63-61(82(13,14)33-35-84(63,17)18)44-58(70)51-24-22-21-23-25-51/h21-31,38-48H,32-37,49H2,1-20H3. The fraction of sp³-hybridized carbons (Fsp3) is 0.419. The first-order valence-corrected chi connectivity index (χ1v) is 35.4. The predicted molar refractivity (Wildman–Crippen MR) is 396 cm³/mol. The van der Waals surface area contributed by atoms with Crippen LogP contribution in [0.3, 0.4) is 0 Å². The van der Waals surface area contributed by atoms with Crippen LogP contribution in [0.2, 0.25) is 0 Å². The van der Waals surface area contributed by atoms with E-state index in [4.69, 9.17) is 0 Å². The summed E-state index contributed by atoms with van der Waals surface area (Å²) in [5.41, 5.74) is 31.4. The Morgan fingerprint density at radius 2 is 0.901 bits per heavy atom. The van der Waals surface area contributed by atoms with Gasteiger partial charge in [-0.15, -0.1) is 11.3 Å². The van der Waals surface area contributed by atoms with Crippen molar-refractivity contribution in [2.75, 3.05) is 9.80 Å². The van der Waals surface area contributed by atoms with E-state index in [9.17, 15) is 0 Å². The molecule has 4 heterocycles. The molecule has 6 aliphatic rings. The Kier molecular flexibility index (Phi) is 12.2. The molecule has 464 valence electrons. The number of rotatable bonds is 4. The quantitative estimate of drug-likeness (QED) is 0.163. The van der Waals surface area contributed by atoms with Gasteiger partial charge in [0.05, 0.1) is 28.1 Å². The second kappa shape index (κ2) is 18.7. The van der Waals surface area contributed by atoms with Crippen molar-refractivity contribution in [3.05, 3.63) is 189 Å². The van der Waals surface area contributed by atoms with Gasteiger partial charge in [0.15, 0.2) is 0 Å². The number of nitrogens with zero attached hydrogens (tertiary/aromatic N) is 3. The number of benzene rings is 8. The summed E-state index contributed by atoms with van der Waals surface area (Å²) in [6, 6.07) is 55.4. The van der Waals surface area contributed by atoms with Gasteiger partial charge in [0.25, 0.3) is 6.71 Å². The van der Waals surface area contributed by atoms with Crippen molar-refractivity contribution in [3.63, 3.8) is 0 Å². The molecule has 0 saturated heterocycles. The lowest BCUT2D eigenvalue weighted by Crippen LogP contribution is -2.60. The topological polar surface area (TPSA) is 11.4 Å². The molecule has 0 spiro atoms. The summed E-state index contributed by atoms with van der Waals surface area (Å²) in [4.78, 5) is 5.68. The lowest BCUT2D eigenvalue weighted by molar-refractivity contribution is 0.332. The molecule has 4 aliphatic carbocycles. The van der Waals surface area contributed by atoms with E-state index in [1.165, 1.54) is 169 Å². The number of hydrogen-bond acceptors (Lipinski definition) is 3. The van der Waals surface area contributed by atoms with E-state index < -0.39 is 0 Å². The minimum Gasteiger partial charge on any atom is -0.311 e. The molecular formula is C86H96BN3S. The highest BCUT2D eigenvalue weighted by Crippen LogP contribution is 2.63. The first-order chi connectivity index (χ1) is 42.6. The average molecular weight is 1210 g/mol. The maximum absolute atomic E-state index is 2.88. The maximum Gasteiger partial charge on any atom is 0.264 e. The van der Waals surface area contributed by atoms with Crippen molar-refractivity contribution in [3.8, 4) is 16.8 Å². The van der Waals surface area contributed by atoms with Gasteiger partial charge in [-0.3, -0.25) is 0 Å². The Labute approximate surface area is 548 Å². The van der Waals surface area contributed by atoms with Crippen LogP contribution in [0.15, 0.2) is 133 Å². The molecule has 2 atom stereocenters. The highest BCUT2D eigenvalue weighted by molar-refractivity contribution is 7.33. The normalized spacial score (nSPS) is 21.5. The van der Waals surface area contributed by atoms with Crippen molar-refractivity contribution < 1.29 is 0 Å². The Morgan fingerprint density at radius 1 is 0.418 bits per heavy atom. The molecule has 2 unspecified atom stereocenters. The molecule has 2 bridgehead atoms. The monoisotopic (exact) mass is 1210 g/mol. The zero-order chi connectivity index (χ0) is 64.2. The van der Waals surface area contributed by atoms with E-state index in [0.29, 0.717) is 0 Å². The summed E-state index contributed by atoms with van der Waals surface area (Å²) in [5.74, 6) is 0. The molecule has 1 saturated carbocycles. The van der Waals surface area contributed by atoms with Gasteiger partial charge in [0.1, 0.15) is 0 Å². The minimum atomic E-state index is -0.0930. The molecule has 91 heavy (non-hydrogen) atoms. The first kappa shape index (κ1) is 59.2. The van der Waals surface area contributed by atoms with Gasteiger partial charge in [-0.2, -0.15) is 0 Å². The molecule has 5 heteroatoms. The third-order valence-electron chi connectivity index (χ3n) is 24.4. The second-order valence-electron chi connectivity index (χ2n) is 35.8. The van der Waals surface area contributed by atoms with E-state index in [1.807, 2.05) is 0 Å². The molecule has 0 radical (unpaired) electrons. The molecule has 2 aliphatic heterocycles. The van der Waals surface area contributed by atoms with Crippen LogP contribution in [0.4, 0.5) is 34.1 Å². The second-order valence-corrected chi connectivity index (χ2v) is 36.9. The van der Waals surface area contributed by atoms with Gasteiger partial charge < -0.3 is 14.4 Å². The van der Waals surface area contributed by atoms with Crippen molar-refractivity contribution in [1.29, 1.82) is 0 Å². The van der Waals surface area contributed by atoms with Crippen LogP contribution in [-0.4, -0.2) is 11.3 Å². The zero-order valence-electron chi connectivity index (χ0n) is 58.5. The highest BCUT2D eigenvalue weighted by Gasteiger charge is 2.54. The Morgan fingerprint density at radius 3 is 1.45 bits per heavy atom. The fourth-order valence-corrected chi connectivity index (χ4v) is 19.8. The van der Waals surface area contributed by atoms with Gasteiger partial charge in [-0.25, -0.2) is 0 Å². The molecule has 8 aromatic carbocycles. The largest absolute Gasteiger partial charge is 0.311 e. The van der Waals surface area contributed by atoms with Gasteiger partial charge in [0.2, 0.25) is 0 Å². The Bertz CT molecular complexity index is 4730. The predicted octanol–water partition coefficient (Wildman–Crippen LogP) is 22.4. The van der Waals surface area contributed by atoms with Crippen LogP contribution >= 0.6 is 11.3 Å². The van der Waals surface area contributed by atoms with Crippen molar-refractivity contribution in [2.45, 2.75) is 232 Å². The summed E-state index contributed by atoms with van der Waals surface area (Å²) >= 11 is 2.10. The smallest absolute Gasteiger partial charge is 0.264 e. The third-order valence-corrected chi connectivity index (χ3v) is 25.6. The van der Waals surface area contributed by atoms with Crippen molar-refractivity contribution in [1.82, 2.24) is 4.57 Å². The van der Waals surface area contributed by atoms with Crippen LogP contribution in [0.5, 0.6) is 0 Å². The molecule has 3 nitrogen and oxygen atoms in total. The Hall–Kier alpha value is -6.82. The van der Waals surface area contributed by atoms with Crippen molar-refractivity contribution >= 4 is 99.8 Å². The Balaban J connectivity index is 1.12. The number of hydrogen-bond donors (Lipinski definition) is 0. The van der Waals surface area contributed by atoms with Gasteiger partial charge in [0, 0.05) is 53.9 Å². The number of anilines is 6. The molecular weight excluding hydrogens is 1120 g/mol. The van der Waals surface area contributed by atoms with Crippen LogP contribution < -0.4 is 25.5 Å². The lowest BCUT2D eigenvalue weighted by Gasteiger charge is -2.47. The number of aromatic nitrogens is 1. The lowest BCUT2D eigenvalue weighted by atomic mass is 9.36. The van der Waals surface area contributed by atoms with Gasteiger partial charge in [-0.1, -0.05) is 204 Å². The molecule has 10 aromatic rings. The van der Waals surface area contributed by atoms with Gasteiger partial charge in [-0.05, 0) is 233 Å². The van der Waals surface area contributed by atoms with E-state index in [-0.39, 0.29) is 55.4 Å². The molecule has 2 aromatic heterocycles. The average Bonchev–Trinajstić information content (AvgIpc) is 0.981. The minimum absolute atomic E-state index is 0.000781. The summed E-state index contributed by atoms with van der Waals surface area (Å²) < 4.78 is 5.57. The van der Waals surface area contributed by atoms with Crippen molar-refractivity contribution in [2.24, 2.45) is 0 Å². The van der Waals surface area contributed by atoms with E-state index in [0.717, 1.165) is 19.3 Å². The summed E-state index contributed by atoms with van der Waals surface area (Å²) in [6.07, 6.45) is 8.34. The summed E-state index contributed by atoms with van der Waals surface area (Å²) in [5, 5.41) is 3.98. The van der Waals surface area contributed by atoms with Crippen LogP contribution in [0.1, 0.15) is 232 Å². The molecule has 1 fully saturated rings.